The molecule has 0 fully saturated rings. The quantitative estimate of drug-likeness (QED) is 0.0711. The topological polar surface area (TPSA) is 13.0 Å². The fraction of sp³-hybridized carbons (Fsp3) is 0. The van der Waals surface area contributed by atoms with E-state index in [1.165, 1.54) is 66.8 Å². The van der Waals surface area contributed by atoms with Gasteiger partial charge in [0, 0.05) is 68.2 Å². The smallest absolute Gasteiger partial charge is 0.0463 e. The Balaban J connectivity index is 0.624. The van der Waals surface area contributed by atoms with Gasteiger partial charge in [0.05, 0.1) is 0 Å². The van der Waals surface area contributed by atoms with Gasteiger partial charge in [-0.25, -0.2) is 0 Å². The third-order valence-corrected chi connectivity index (χ3v) is 21.1. The summed E-state index contributed by atoms with van der Waals surface area (Å²) in [7, 11) is 0. The molecular weight excluding hydrogens is 1350 g/mol. The highest BCUT2D eigenvalue weighted by Crippen LogP contribution is 2.45. The van der Waals surface area contributed by atoms with E-state index in [-0.39, 0.29) is 0 Å². The number of para-hydroxylation sites is 1. The molecule has 0 saturated carbocycles. The lowest BCUT2D eigenvalue weighted by Crippen LogP contribution is -2.12. The molecule has 0 spiro atoms. The van der Waals surface area contributed by atoms with Crippen LogP contribution in [0, 0.1) is 0 Å². The Hall–Kier alpha value is -14.8. The van der Waals surface area contributed by atoms with Crippen molar-refractivity contribution in [2.24, 2.45) is 0 Å². The molecule has 18 aromatic rings. The Kier molecular flexibility index (Phi) is 19.6. The van der Waals surface area contributed by atoms with E-state index in [0.29, 0.717) is 0 Å². The van der Waals surface area contributed by atoms with Gasteiger partial charge in [-0.1, -0.05) is 328 Å². The van der Waals surface area contributed by atoms with Gasteiger partial charge in [0.15, 0.2) is 0 Å². The number of nitrogens with zero attached hydrogens (tertiary/aromatic N) is 4. The summed E-state index contributed by atoms with van der Waals surface area (Å²) in [6.07, 6.45) is 0. The maximum Gasteiger partial charge on any atom is 0.0463 e. The Labute approximate surface area is 656 Å². The largest absolute Gasteiger partial charge is 0.311 e. The molecule has 0 aromatic heterocycles. The highest BCUT2D eigenvalue weighted by molar-refractivity contribution is 5.88. The second-order valence-electron chi connectivity index (χ2n) is 28.1. The maximum absolute atomic E-state index is 2.36. The predicted molar refractivity (Wildman–Crippen MR) is 474 cm³/mol. The first-order valence-electron chi connectivity index (χ1n) is 38.3. The van der Waals surface area contributed by atoms with Crippen LogP contribution < -0.4 is 19.6 Å². The van der Waals surface area contributed by atoms with Crippen LogP contribution in [0.2, 0.25) is 0 Å². The Morgan fingerprint density at radius 3 is 0.277 bits per heavy atom. The summed E-state index contributed by atoms with van der Waals surface area (Å²) >= 11 is 0. The van der Waals surface area contributed by atoms with Crippen molar-refractivity contribution in [2.75, 3.05) is 19.6 Å². The molecule has 0 bridgehead atoms. The summed E-state index contributed by atoms with van der Waals surface area (Å²) in [5.41, 5.74) is 33.9. The van der Waals surface area contributed by atoms with Gasteiger partial charge in [-0.05, 0) is 246 Å². The molecule has 0 saturated heterocycles. The van der Waals surface area contributed by atoms with E-state index in [9.17, 15) is 0 Å². The summed E-state index contributed by atoms with van der Waals surface area (Å²) in [4.78, 5) is 9.39. The zero-order chi connectivity index (χ0) is 74.8. The molecule has 530 valence electrons. The van der Waals surface area contributed by atoms with Crippen LogP contribution in [0.3, 0.4) is 0 Å². The highest BCUT2D eigenvalue weighted by atomic mass is 15.2. The highest BCUT2D eigenvalue weighted by Gasteiger charge is 2.21. The van der Waals surface area contributed by atoms with Gasteiger partial charge in [-0.3, -0.25) is 0 Å². The number of rotatable bonds is 21. The predicted octanol–water partition coefficient (Wildman–Crippen LogP) is 30.6. The van der Waals surface area contributed by atoms with Gasteiger partial charge in [0.2, 0.25) is 0 Å². The molecule has 0 aliphatic heterocycles. The van der Waals surface area contributed by atoms with Crippen molar-refractivity contribution in [1.29, 1.82) is 0 Å². The third kappa shape index (κ3) is 15.0. The van der Waals surface area contributed by atoms with Crippen molar-refractivity contribution in [2.45, 2.75) is 0 Å². The van der Waals surface area contributed by atoms with Crippen LogP contribution in [0.1, 0.15) is 0 Å². The van der Waals surface area contributed by atoms with E-state index in [0.717, 1.165) is 102 Å². The van der Waals surface area contributed by atoms with E-state index < -0.39 is 0 Å². The summed E-state index contributed by atoms with van der Waals surface area (Å²) in [5.74, 6) is 0. The first-order chi connectivity index (χ1) is 55.5. The fourth-order valence-corrected chi connectivity index (χ4v) is 15.2. The molecule has 18 aromatic carbocycles. The van der Waals surface area contributed by atoms with Gasteiger partial charge < -0.3 is 19.6 Å². The Morgan fingerprint density at radius 1 is 0.0714 bits per heavy atom. The summed E-state index contributed by atoms with van der Waals surface area (Å²) in [5, 5.41) is 0. The van der Waals surface area contributed by atoms with Crippen molar-refractivity contribution in [3.05, 3.63) is 473 Å². The number of hydrogen-bond donors (Lipinski definition) is 0. The molecule has 0 aliphatic rings. The van der Waals surface area contributed by atoms with Crippen LogP contribution in [-0.4, -0.2) is 0 Å². The lowest BCUT2D eigenvalue weighted by atomic mass is 9.98. The Bertz CT molecular complexity index is 5910. The van der Waals surface area contributed by atoms with Crippen molar-refractivity contribution in [3.8, 4) is 100 Å². The average Bonchev–Trinajstić information content (AvgIpc) is 0.786. The minimum atomic E-state index is 1.04. The lowest BCUT2D eigenvalue weighted by Gasteiger charge is -2.29. The monoisotopic (exact) mass is 1430 g/mol. The van der Waals surface area contributed by atoms with E-state index in [2.05, 4.69) is 493 Å². The van der Waals surface area contributed by atoms with Gasteiger partial charge in [0.1, 0.15) is 0 Å². The van der Waals surface area contributed by atoms with E-state index in [1.807, 2.05) is 0 Å². The van der Waals surface area contributed by atoms with E-state index in [4.69, 9.17) is 0 Å². The van der Waals surface area contributed by atoms with Gasteiger partial charge in [0.25, 0.3) is 0 Å². The molecule has 0 unspecified atom stereocenters. The fourth-order valence-electron chi connectivity index (χ4n) is 15.2. The van der Waals surface area contributed by atoms with Gasteiger partial charge in [-0.2, -0.15) is 0 Å². The second-order valence-corrected chi connectivity index (χ2v) is 28.1. The van der Waals surface area contributed by atoms with E-state index >= 15 is 0 Å². The second kappa shape index (κ2) is 31.9. The van der Waals surface area contributed by atoms with Gasteiger partial charge >= 0.3 is 0 Å². The lowest BCUT2D eigenvalue weighted by molar-refractivity contribution is 1.26. The first-order valence-corrected chi connectivity index (χ1v) is 38.3. The molecular formula is C108H78N4. The number of benzene rings is 18. The molecule has 0 heterocycles. The van der Waals surface area contributed by atoms with Crippen molar-refractivity contribution in [1.82, 2.24) is 0 Å². The molecule has 4 heteroatoms. The number of hydrogen-bond acceptors (Lipinski definition) is 4. The van der Waals surface area contributed by atoms with Crippen molar-refractivity contribution < 1.29 is 0 Å². The zero-order valence-electron chi connectivity index (χ0n) is 61.8. The minimum Gasteiger partial charge on any atom is -0.311 e. The first kappa shape index (κ1) is 68.9. The molecule has 0 atom stereocenters. The zero-order valence-corrected chi connectivity index (χ0v) is 61.8. The SMILES string of the molecule is c1ccc(-c2ccc(-c3ccc(-c4ccc(N(c5ccc(-c6ccc(-c7ccc(N(c8ccccc8)c8ccc(N(c9ccc(-c%10ccccc%10)cc9)c9ccc(-c%10ccccc%10)cc9)cc8)cc7)cc6)cc5)c5ccc(N(c6ccc(-c7ccccc7)cc6)c6ccc(-c7ccccc7)cc6)cc5)cc4)cc3)cc2)cc1. The average molecular weight is 1430 g/mol. The van der Waals surface area contributed by atoms with Crippen LogP contribution >= 0.6 is 0 Å². The number of anilines is 12. The van der Waals surface area contributed by atoms with Crippen LogP contribution in [0.4, 0.5) is 68.2 Å². The summed E-state index contributed by atoms with van der Waals surface area (Å²) in [6, 6.07) is 171. The molecule has 0 N–H and O–H groups in total. The van der Waals surface area contributed by atoms with E-state index in [1.54, 1.807) is 0 Å². The molecule has 4 nitrogen and oxygen atoms in total. The molecule has 18 rings (SSSR count). The Morgan fingerprint density at radius 2 is 0.152 bits per heavy atom. The summed E-state index contributed by atoms with van der Waals surface area (Å²) in [6.45, 7) is 0. The minimum absolute atomic E-state index is 1.04. The van der Waals surface area contributed by atoms with Crippen LogP contribution in [0.25, 0.3) is 100 Å². The normalized spacial score (nSPS) is 11.0. The molecule has 0 aliphatic carbocycles. The van der Waals surface area contributed by atoms with Crippen molar-refractivity contribution >= 4 is 68.2 Å². The maximum atomic E-state index is 2.36. The van der Waals surface area contributed by atoms with Crippen LogP contribution in [-0.2, 0) is 0 Å². The van der Waals surface area contributed by atoms with Crippen LogP contribution in [0.5, 0.6) is 0 Å². The molecule has 0 amide bonds. The van der Waals surface area contributed by atoms with Gasteiger partial charge in [-0.15, -0.1) is 0 Å². The molecule has 0 radical (unpaired) electrons. The summed E-state index contributed by atoms with van der Waals surface area (Å²) < 4.78 is 0. The van der Waals surface area contributed by atoms with Crippen molar-refractivity contribution in [3.63, 3.8) is 0 Å². The van der Waals surface area contributed by atoms with Crippen LogP contribution in [0.15, 0.2) is 473 Å². The molecule has 112 heavy (non-hydrogen) atoms. The third-order valence-electron chi connectivity index (χ3n) is 21.1. The standard InChI is InChI=1S/C108H78N4/c1-7-19-79(20-8-1)84-31-33-85(34-32-84)86-35-37-87(38-36-86)95-53-67-103(68-54-95)112(108-77-75-107(76-78-108)111(101-61-47-92(48-62-101)82-25-13-4-14-26-82)102-63-49-93(50-64-102)83-27-15-5-16-28-83)104-69-55-96(56-70-104)89-41-39-88(40-42-89)94-51-65-98(66-52-94)109(97-29-17-6-18-30-97)105-71-73-106(74-72-105)110(99-57-43-90(44-58-99)80-21-9-2-10-22-80)100-59-45-91(46-60-100)81-23-11-3-12-24-81/h1-78H.